The molecule has 0 aliphatic carbocycles. The average Bonchev–Trinajstić information content (AvgIpc) is 2.47. The van der Waals surface area contributed by atoms with Gasteiger partial charge in [-0.1, -0.05) is 0 Å². The highest BCUT2D eigenvalue weighted by Gasteiger charge is 2.01. The second kappa shape index (κ2) is 4.83. The van der Waals surface area contributed by atoms with Crippen LogP contribution in [0.2, 0.25) is 0 Å². The molecule has 6 heteroatoms. The Labute approximate surface area is 85.8 Å². The molecule has 0 N–H and O–H groups in total. The number of hydrogen-bond donors (Lipinski definition) is 0. The van der Waals surface area contributed by atoms with Crippen LogP contribution >= 0.6 is 11.3 Å². The van der Waals surface area contributed by atoms with E-state index in [-0.39, 0.29) is 0 Å². The van der Waals surface area contributed by atoms with Gasteiger partial charge in [-0.15, -0.1) is 11.3 Å². The fraction of sp³-hybridized carbons (Fsp3) is 0.375. The van der Waals surface area contributed by atoms with Crippen molar-refractivity contribution in [3.8, 4) is 0 Å². The van der Waals surface area contributed by atoms with Gasteiger partial charge < -0.3 is 4.90 Å². The first kappa shape index (κ1) is 10.8. The molecule has 0 spiro atoms. The summed E-state index contributed by atoms with van der Waals surface area (Å²) in [7, 11) is 3.93. The summed E-state index contributed by atoms with van der Waals surface area (Å²) in [6.45, 7) is 0.809. The standard InChI is InChI=1S/C8H11N3O2S/c1-10(2)6-7-5-9-8(14-7)3-4-11(12)13/h3-5H,6H2,1-2H3/b4-3+. The van der Waals surface area contributed by atoms with E-state index in [1.165, 1.54) is 17.4 Å². The van der Waals surface area contributed by atoms with Crippen molar-refractivity contribution in [2.75, 3.05) is 14.1 Å². The Kier molecular flexibility index (Phi) is 3.73. The van der Waals surface area contributed by atoms with E-state index in [2.05, 4.69) is 4.98 Å². The fourth-order valence-corrected chi connectivity index (χ4v) is 1.84. The Balaban J connectivity index is 2.63. The molecule has 0 amide bonds. The molecule has 0 atom stereocenters. The lowest BCUT2D eigenvalue weighted by molar-refractivity contribution is -0.400. The van der Waals surface area contributed by atoms with Gasteiger partial charge in [0.2, 0.25) is 6.20 Å². The van der Waals surface area contributed by atoms with Crippen LogP contribution in [0.3, 0.4) is 0 Å². The summed E-state index contributed by atoms with van der Waals surface area (Å²) < 4.78 is 0. The first-order valence-corrected chi connectivity index (χ1v) is 4.80. The molecule has 0 unspecified atom stereocenters. The molecule has 0 saturated heterocycles. The highest BCUT2D eigenvalue weighted by atomic mass is 32.1. The molecule has 1 aromatic rings. The van der Waals surface area contributed by atoms with Crippen molar-refractivity contribution in [2.24, 2.45) is 0 Å². The molecule has 0 aromatic carbocycles. The highest BCUT2D eigenvalue weighted by molar-refractivity contribution is 7.12. The zero-order valence-electron chi connectivity index (χ0n) is 8.01. The Morgan fingerprint density at radius 2 is 2.43 bits per heavy atom. The molecule has 0 fully saturated rings. The quantitative estimate of drug-likeness (QED) is 0.561. The summed E-state index contributed by atoms with van der Waals surface area (Å²) in [6.07, 6.45) is 4.05. The largest absolute Gasteiger partial charge is 0.304 e. The van der Waals surface area contributed by atoms with Crippen molar-refractivity contribution in [2.45, 2.75) is 6.54 Å². The Hall–Kier alpha value is -1.27. The van der Waals surface area contributed by atoms with Crippen LogP contribution in [0.1, 0.15) is 9.88 Å². The van der Waals surface area contributed by atoms with Crippen LogP contribution < -0.4 is 0 Å². The Morgan fingerprint density at radius 1 is 1.71 bits per heavy atom. The second-order valence-corrected chi connectivity index (χ2v) is 4.15. The van der Waals surface area contributed by atoms with Crippen molar-refractivity contribution in [1.29, 1.82) is 0 Å². The summed E-state index contributed by atoms with van der Waals surface area (Å²) in [5.74, 6) is 0. The highest BCUT2D eigenvalue weighted by Crippen LogP contribution is 2.15. The van der Waals surface area contributed by atoms with Gasteiger partial charge in [-0.25, -0.2) is 4.98 Å². The van der Waals surface area contributed by atoms with Gasteiger partial charge in [-0.05, 0) is 14.1 Å². The fourth-order valence-electron chi connectivity index (χ4n) is 0.909. The van der Waals surface area contributed by atoms with Gasteiger partial charge in [0.05, 0.1) is 4.92 Å². The van der Waals surface area contributed by atoms with E-state index in [0.29, 0.717) is 5.01 Å². The lowest BCUT2D eigenvalue weighted by Crippen LogP contribution is -2.09. The first-order chi connectivity index (χ1) is 6.58. The van der Waals surface area contributed by atoms with Crippen LogP contribution in [0, 0.1) is 10.1 Å². The van der Waals surface area contributed by atoms with E-state index in [4.69, 9.17) is 0 Å². The van der Waals surface area contributed by atoms with Crippen LogP contribution in [-0.2, 0) is 6.54 Å². The maximum Gasteiger partial charge on any atom is 0.237 e. The van der Waals surface area contributed by atoms with Gasteiger partial charge in [0.1, 0.15) is 5.01 Å². The van der Waals surface area contributed by atoms with E-state index >= 15 is 0 Å². The van der Waals surface area contributed by atoms with E-state index in [1.807, 2.05) is 19.0 Å². The molecule has 1 heterocycles. The molecule has 0 aliphatic rings. The third-order valence-corrected chi connectivity index (χ3v) is 2.33. The zero-order valence-corrected chi connectivity index (χ0v) is 8.82. The molecular weight excluding hydrogens is 202 g/mol. The monoisotopic (exact) mass is 213 g/mol. The summed E-state index contributed by atoms with van der Waals surface area (Å²) in [5, 5.41) is 10.7. The first-order valence-electron chi connectivity index (χ1n) is 3.99. The van der Waals surface area contributed by atoms with Gasteiger partial charge in [-0.2, -0.15) is 0 Å². The SMILES string of the molecule is CN(C)Cc1cnc(/C=C/[N+](=O)[O-])s1. The van der Waals surface area contributed by atoms with E-state index < -0.39 is 4.92 Å². The topological polar surface area (TPSA) is 59.3 Å². The zero-order chi connectivity index (χ0) is 10.6. The van der Waals surface area contributed by atoms with Crippen molar-refractivity contribution < 1.29 is 4.92 Å². The molecule has 76 valence electrons. The van der Waals surface area contributed by atoms with Crippen LogP contribution in [0.4, 0.5) is 0 Å². The minimum atomic E-state index is -0.493. The molecule has 0 bridgehead atoms. The Morgan fingerprint density at radius 3 is 3.00 bits per heavy atom. The minimum Gasteiger partial charge on any atom is -0.304 e. The van der Waals surface area contributed by atoms with Crippen LogP contribution in [0.5, 0.6) is 0 Å². The van der Waals surface area contributed by atoms with E-state index in [1.54, 1.807) is 6.20 Å². The predicted octanol–water partition coefficient (Wildman–Crippen LogP) is 1.45. The number of thiazole rings is 1. The molecular formula is C8H11N3O2S. The third-order valence-electron chi connectivity index (χ3n) is 1.38. The molecule has 14 heavy (non-hydrogen) atoms. The molecule has 5 nitrogen and oxygen atoms in total. The molecule has 1 rings (SSSR count). The summed E-state index contributed by atoms with van der Waals surface area (Å²) in [5.41, 5.74) is 0. The average molecular weight is 213 g/mol. The van der Waals surface area contributed by atoms with Crippen molar-refractivity contribution in [1.82, 2.24) is 9.88 Å². The number of aromatic nitrogens is 1. The van der Waals surface area contributed by atoms with Gasteiger partial charge in [-0.3, -0.25) is 10.1 Å². The van der Waals surface area contributed by atoms with E-state index in [0.717, 1.165) is 17.6 Å². The smallest absolute Gasteiger partial charge is 0.237 e. The van der Waals surface area contributed by atoms with Crippen LogP contribution in [-0.4, -0.2) is 28.9 Å². The lowest BCUT2D eigenvalue weighted by atomic mass is 10.5. The summed E-state index contributed by atoms with van der Waals surface area (Å²) in [6, 6.07) is 0. The lowest BCUT2D eigenvalue weighted by Gasteiger charge is -2.04. The summed E-state index contributed by atoms with van der Waals surface area (Å²) in [4.78, 5) is 16.7. The minimum absolute atomic E-state index is 0.493. The summed E-state index contributed by atoms with van der Waals surface area (Å²) >= 11 is 1.46. The molecule has 0 aliphatic heterocycles. The van der Waals surface area contributed by atoms with E-state index in [9.17, 15) is 10.1 Å². The van der Waals surface area contributed by atoms with Crippen molar-refractivity contribution in [3.05, 3.63) is 32.4 Å². The number of nitrogens with zero attached hydrogens (tertiary/aromatic N) is 3. The molecule has 0 radical (unpaired) electrons. The number of hydrogen-bond acceptors (Lipinski definition) is 5. The van der Waals surface area contributed by atoms with Crippen LogP contribution in [0.25, 0.3) is 6.08 Å². The van der Waals surface area contributed by atoms with Crippen molar-refractivity contribution >= 4 is 17.4 Å². The Bertz CT molecular complexity index is 346. The normalized spacial score (nSPS) is 11.4. The van der Waals surface area contributed by atoms with Gasteiger partial charge in [0.15, 0.2) is 0 Å². The van der Waals surface area contributed by atoms with Crippen LogP contribution in [0.15, 0.2) is 12.4 Å². The maximum atomic E-state index is 10.0. The van der Waals surface area contributed by atoms with Gasteiger partial charge in [0, 0.05) is 23.7 Å². The van der Waals surface area contributed by atoms with Gasteiger partial charge in [0.25, 0.3) is 0 Å². The number of rotatable bonds is 4. The predicted molar refractivity (Wildman–Crippen MR) is 55.5 cm³/mol. The van der Waals surface area contributed by atoms with Gasteiger partial charge >= 0.3 is 0 Å². The van der Waals surface area contributed by atoms with Crippen molar-refractivity contribution in [3.63, 3.8) is 0 Å². The second-order valence-electron chi connectivity index (χ2n) is 3.00. The maximum absolute atomic E-state index is 10.0. The molecule has 0 saturated carbocycles. The number of nitro groups is 1. The third kappa shape index (κ3) is 3.63. The molecule has 1 aromatic heterocycles.